The van der Waals surface area contributed by atoms with Gasteiger partial charge in [0, 0.05) is 11.4 Å². The van der Waals surface area contributed by atoms with Gasteiger partial charge in [0.2, 0.25) is 0 Å². The Hall–Kier alpha value is -3.03. The summed E-state index contributed by atoms with van der Waals surface area (Å²) in [4.78, 5) is -0.457. The van der Waals surface area contributed by atoms with E-state index in [9.17, 15) is 8.42 Å². The zero-order valence-electron chi connectivity index (χ0n) is 21.4. The molecule has 0 aliphatic carbocycles. The Labute approximate surface area is 158 Å². The highest BCUT2D eigenvalue weighted by Gasteiger charge is 2.09. The summed E-state index contributed by atoms with van der Waals surface area (Å²) in [5.41, 5.74) is -1.41. The molecule has 126 valence electrons. The van der Waals surface area contributed by atoms with Crippen molar-refractivity contribution in [3.8, 4) is 0 Å². The third kappa shape index (κ3) is 4.72. The highest BCUT2D eigenvalue weighted by Crippen LogP contribution is 2.23. The lowest BCUT2D eigenvalue weighted by atomic mass is 10.2. The number of nitrogens with zero attached hydrogens (tertiary/aromatic N) is 2. The topological polar surface area (TPSA) is 91.1 Å². The van der Waals surface area contributed by atoms with Crippen LogP contribution in [0, 0.1) is 0 Å². The van der Waals surface area contributed by atoms with Crippen molar-refractivity contribution in [2.75, 3.05) is 5.32 Å². The van der Waals surface area contributed by atoms with E-state index in [-0.39, 0.29) is 5.69 Å². The fourth-order valence-electron chi connectivity index (χ4n) is 1.67. The van der Waals surface area contributed by atoms with E-state index in [0.717, 1.165) is 12.1 Å². The van der Waals surface area contributed by atoms with E-state index >= 15 is 0 Å². The number of para-hydroxylation sites is 1. The van der Waals surface area contributed by atoms with Gasteiger partial charge in [0.1, 0.15) is 0 Å². The number of anilines is 2. The van der Waals surface area contributed by atoms with E-state index in [1.165, 1.54) is 12.1 Å². The molecule has 0 aromatic heterocycles. The van der Waals surface area contributed by atoms with Gasteiger partial charge in [-0.15, -0.1) is 0 Å². The van der Waals surface area contributed by atoms with E-state index in [0.29, 0.717) is 0 Å². The van der Waals surface area contributed by atoms with E-state index in [1.807, 2.05) is 0 Å². The molecule has 3 aromatic rings. The van der Waals surface area contributed by atoms with Crippen LogP contribution in [0.5, 0.6) is 0 Å². The maximum absolute atomic E-state index is 11.3. The Morgan fingerprint density at radius 3 is 2.20 bits per heavy atom. The van der Waals surface area contributed by atoms with Crippen LogP contribution < -0.4 is 5.32 Å². The summed E-state index contributed by atoms with van der Waals surface area (Å²) in [7, 11) is -4.50. The second kappa shape index (κ2) is 7.25. The molecule has 0 heterocycles. The number of nitrogens with one attached hydrogen (secondary N) is 1. The van der Waals surface area contributed by atoms with Crippen LogP contribution in [0.3, 0.4) is 0 Å². The Kier molecular flexibility index (Phi) is 2.58. The van der Waals surface area contributed by atoms with Crippen LogP contribution in [0.2, 0.25) is 0 Å². The van der Waals surface area contributed by atoms with Gasteiger partial charge in [0.05, 0.1) is 28.6 Å². The van der Waals surface area contributed by atoms with E-state index in [1.54, 1.807) is 0 Å². The molecule has 0 saturated heterocycles. The molecule has 25 heavy (non-hydrogen) atoms. The van der Waals surface area contributed by atoms with Crippen LogP contribution in [0.1, 0.15) is 12.3 Å². The summed E-state index contributed by atoms with van der Waals surface area (Å²) in [6.07, 6.45) is 0. The van der Waals surface area contributed by atoms with Crippen LogP contribution in [0.15, 0.2) is 93.8 Å². The lowest BCUT2D eigenvalue weighted by molar-refractivity contribution is 0.483. The monoisotopic (exact) mass is 362 g/mol. The molecule has 7 heteroatoms. The van der Waals surface area contributed by atoms with Gasteiger partial charge in [0.25, 0.3) is 10.1 Å². The maximum Gasteiger partial charge on any atom is 0.294 e. The largest absolute Gasteiger partial charge is 0.356 e. The van der Waals surface area contributed by atoms with Gasteiger partial charge < -0.3 is 5.32 Å². The van der Waals surface area contributed by atoms with Gasteiger partial charge in [-0.3, -0.25) is 4.55 Å². The first-order valence-electron chi connectivity index (χ1n) is 11.2. The number of azo groups is 1. The number of benzene rings is 3. The normalized spacial score (nSPS) is 16.6. The van der Waals surface area contributed by atoms with Crippen LogP contribution in [0.25, 0.3) is 0 Å². The van der Waals surface area contributed by atoms with E-state index in [4.69, 9.17) is 16.9 Å². The zero-order chi connectivity index (χ0) is 25.5. The van der Waals surface area contributed by atoms with Crippen molar-refractivity contribution in [3.05, 3.63) is 78.6 Å². The summed E-state index contributed by atoms with van der Waals surface area (Å²) in [5.74, 6) is 0. The molecule has 3 aromatic carbocycles. The quantitative estimate of drug-likeness (QED) is 0.488. The van der Waals surface area contributed by atoms with Crippen LogP contribution in [-0.2, 0) is 10.1 Å². The van der Waals surface area contributed by atoms with E-state index < -0.39 is 86.5 Å². The highest BCUT2D eigenvalue weighted by atomic mass is 32.2. The standard InChI is InChI=1S/C18H15N3O3S/c22-25(23,24)18-8-4-7-17(13-18)21-20-16-11-9-15(10-12-16)19-14-5-2-1-3-6-14/h1-13,19H,(H,22,23,24)/i1D,2D,3D,5D,6D,9D,10D,11D,12D. The number of hydrogen-bond donors (Lipinski definition) is 2. The Morgan fingerprint density at radius 1 is 0.880 bits per heavy atom. The average molecular weight is 362 g/mol. The molecule has 3 rings (SSSR count). The third-order valence-electron chi connectivity index (χ3n) is 2.74. The van der Waals surface area contributed by atoms with Gasteiger partial charge in [-0.2, -0.15) is 18.6 Å². The summed E-state index contributed by atoms with van der Waals surface area (Å²) >= 11 is 0. The molecule has 0 amide bonds. The second-order valence-electron chi connectivity index (χ2n) is 4.52. The maximum atomic E-state index is 11.3. The van der Waals surface area contributed by atoms with Gasteiger partial charge in [-0.05, 0) is 54.5 Å². The fraction of sp³-hybridized carbons (Fsp3) is 0. The summed E-state index contributed by atoms with van der Waals surface area (Å²) < 4.78 is 103. The van der Waals surface area contributed by atoms with Gasteiger partial charge in [-0.1, -0.05) is 24.2 Å². The first-order valence-corrected chi connectivity index (χ1v) is 8.13. The molecule has 6 nitrogen and oxygen atoms in total. The molecule has 0 bridgehead atoms. The van der Waals surface area contributed by atoms with Crippen molar-refractivity contribution in [1.82, 2.24) is 0 Å². The summed E-state index contributed by atoms with van der Waals surface area (Å²) in [6.45, 7) is 0. The minimum Gasteiger partial charge on any atom is -0.356 e. The van der Waals surface area contributed by atoms with Crippen molar-refractivity contribution in [1.29, 1.82) is 0 Å². The molecule has 0 atom stereocenters. The Morgan fingerprint density at radius 2 is 1.52 bits per heavy atom. The molecule has 0 unspecified atom stereocenters. The predicted molar refractivity (Wildman–Crippen MR) is 96.6 cm³/mol. The van der Waals surface area contributed by atoms with Crippen molar-refractivity contribution in [2.24, 2.45) is 10.2 Å². The van der Waals surface area contributed by atoms with Crippen LogP contribution in [0.4, 0.5) is 22.7 Å². The number of rotatable bonds is 5. The first kappa shape index (κ1) is 8.89. The molecule has 0 saturated carbocycles. The molecule has 0 fully saturated rings. The number of hydrogen-bond acceptors (Lipinski definition) is 5. The second-order valence-corrected chi connectivity index (χ2v) is 5.94. The van der Waals surface area contributed by atoms with Gasteiger partial charge in [0.15, 0.2) is 0 Å². The van der Waals surface area contributed by atoms with Crippen molar-refractivity contribution >= 4 is 32.9 Å². The Balaban J connectivity index is 2.08. The molecule has 0 radical (unpaired) electrons. The van der Waals surface area contributed by atoms with Crippen molar-refractivity contribution in [3.63, 3.8) is 0 Å². The SMILES string of the molecule is [2H]c1c([2H])c([2H])c(Nc2c([2H])c([2H])c(N=Nc3cccc(S(=O)(=O)O)c3)c([2H])c2[2H])c([2H])c1[2H]. The first-order chi connectivity index (χ1) is 15.8. The minimum absolute atomic E-state index is 0.0479. The molecule has 2 N–H and O–H groups in total. The summed E-state index contributed by atoms with van der Waals surface area (Å²) in [6, 6.07) is -1.02. The minimum atomic E-state index is -4.50. The molecular weight excluding hydrogens is 338 g/mol. The predicted octanol–water partition coefficient (Wildman–Crippen LogP) is 5.09. The third-order valence-corrected chi connectivity index (χ3v) is 3.59. The fourth-order valence-corrected chi connectivity index (χ4v) is 2.19. The van der Waals surface area contributed by atoms with Crippen LogP contribution >= 0.6 is 0 Å². The van der Waals surface area contributed by atoms with E-state index in [2.05, 4.69) is 15.5 Å². The molecular formula is C18H15N3O3S. The molecule has 0 spiro atoms. The van der Waals surface area contributed by atoms with Crippen molar-refractivity contribution in [2.45, 2.75) is 4.90 Å². The van der Waals surface area contributed by atoms with Gasteiger partial charge >= 0.3 is 0 Å². The Bertz CT molecular complexity index is 1400. The molecule has 0 aliphatic rings. The summed E-state index contributed by atoms with van der Waals surface area (Å²) in [5, 5.41) is 9.82. The van der Waals surface area contributed by atoms with Crippen molar-refractivity contribution < 1.29 is 25.3 Å². The lowest BCUT2D eigenvalue weighted by Crippen LogP contribution is -1.96. The highest BCUT2D eigenvalue weighted by molar-refractivity contribution is 7.85. The average Bonchev–Trinajstić information content (AvgIpc) is 2.79. The van der Waals surface area contributed by atoms with Gasteiger partial charge in [-0.25, -0.2) is 0 Å². The zero-order valence-corrected chi connectivity index (χ0v) is 13.2. The lowest BCUT2D eigenvalue weighted by Gasteiger charge is -2.05. The smallest absolute Gasteiger partial charge is 0.294 e. The van der Waals surface area contributed by atoms with Crippen LogP contribution in [-0.4, -0.2) is 13.0 Å². The molecule has 0 aliphatic heterocycles.